The van der Waals surface area contributed by atoms with E-state index in [2.05, 4.69) is 5.32 Å². The maximum Gasteiger partial charge on any atom is 0.0724 e. The van der Waals surface area contributed by atoms with Crippen molar-refractivity contribution in [2.45, 2.75) is 12.5 Å². The molecule has 0 aliphatic rings. The summed E-state index contributed by atoms with van der Waals surface area (Å²) < 4.78 is 0. The van der Waals surface area contributed by atoms with Crippen LogP contribution in [0.3, 0.4) is 0 Å². The molecule has 3 nitrogen and oxygen atoms in total. The molecule has 84 valence electrons. The predicted octanol–water partition coefficient (Wildman–Crippen LogP) is 2.11. The van der Waals surface area contributed by atoms with E-state index in [-0.39, 0.29) is 0 Å². The molecule has 1 atom stereocenters. The molecular formula is C10H14Cl2N2O. The summed E-state index contributed by atoms with van der Waals surface area (Å²) in [5.41, 5.74) is 6.15. The highest BCUT2D eigenvalue weighted by Crippen LogP contribution is 2.24. The van der Waals surface area contributed by atoms with Gasteiger partial charge in [0.15, 0.2) is 0 Å². The first kappa shape index (κ1) is 12.6. The molecule has 1 aromatic rings. The highest BCUT2D eigenvalue weighted by atomic mass is 35.5. The van der Waals surface area contributed by atoms with Gasteiger partial charge in [0, 0.05) is 12.2 Å². The number of benzene rings is 1. The molecule has 0 radical (unpaired) electrons. The van der Waals surface area contributed by atoms with Crippen molar-refractivity contribution in [3.8, 4) is 0 Å². The summed E-state index contributed by atoms with van der Waals surface area (Å²) in [6.07, 6.45) is 0.137. The van der Waals surface area contributed by atoms with Crippen LogP contribution in [0.15, 0.2) is 18.2 Å². The van der Waals surface area contributed by atoms with Crippen LogP contribution in [-0.4, -0.2) is 24.3 Å². The Morgan fingerprint density at radius 2 is 2.07 bits per heavy atom. The fourth-order valence-corrected chi connectivity index (χ4v) is 1.43. The highest BCUT2D eigenvalue weighted by Gasteiger charge is 2.03. The Kier molecular flexibility index (Phi) is 5.19. The zero-order valence-electron chi connectivity index (χ0n) is 8.21. The zero-order valence-corrected chi connectivity index (χ0v) is 9.72. The Balaban J connectivity index is 2.47. The molecule has 0 heterocycles. The SMILES string of the molecule is NCCC(O)CNc1ccc(Cl)c(Cl)c1. The minimum atomic E-state index is -0.440. The standard InChI is InChI=1S/C10H14Cl2N2O/c11-9-2-1-7(5-10(9)12)14-6-8(15)3-4-13/h1-2,5,8,14-15H,3-4,6,13H2. The van der Waals surface area contributed by atoms with Crippen molar-refractivity contribution in [3.63, 3.8) is 0 Å². The fourth-order valence-electron chi connectivity index (χ4n) is 1.14. The summed E-state index contributed by atoms with van der Waals surface area (Å²) in [5, 5.41) is 13.5. The number of nitrogens with one attached hydrogen (secondary N) is 1. The summed E-state index contributed by atoms with van der Waals surface area (Å²) in [5.74, 6) is 0. The zero-order chi connectivity index (χ0) is 11.3. The smallest absolute Gasteiger partial charge is 0.0724 e. The number of nitrogens with two attached hydrogens (primary N) is 1. The van der Waals surface area contributed by atoms with Gasteiger partial charge >= 0.3 is 0 Å². The van der Waals surface area contributed by atoms with Crippen LogP contribution in [0.5, 0.6) is 0 Å². The first-order valence-corrected chi connectivity index (χ1v) is 5.46. The molecule has 0 saturated heterocycles. The third kappa shape index (κ3) is 4.26. The molecule has 0 aliphatic carbocycles. The van der Waals surface area contributed by atoms with Crippen molar-refractivity contribution in [3.05, 3.63) is 28.2 Å². The molecule has 0 aliphatic heterocycles. The summed E-state index contributed by atoms with van der Waals surface area (Å²) >= 11 is 11.6. The van der Waals surface area contributed by atoms with Crippen LogP contribution in [0.1, 0.15) is 6.42 Å². The van der Waals surface area contributed by atoms with Crippen LogP contribution in [0, 0.1) is 0 Å². The summed E-state index contributed by atoms with van der Waals surface area (Å²) in [4.78, 5) is 0. The van der Waals surface area contributed by atoms with E-state index < -0.39 is 6.10 Å². The summed E-state index contributed by atoms with van der Waals surface area (Å²) in [6.45, 7) is 0.930. The van der Waals surface area contributed by atoms with Crippen molar-refractivity contribution in [2.75, 3.05) is 18.4 Å². The number of rotatable bonds is 5. The van der Waals surface area contributed by atoms with Gasteiger partial charge in [0.05, 0.1) is 16.1 Å². The van der Waals surface area contributed by atoms with Crippen LogP contribution in [0.2, 0.25) is 10.0 Å². The molecule has 4 N–H and O–H groups in total. The Bertz CT molecular complexity index is 320. The predicted molar refractivity (Wildman–Crippen MR) is 64.6 cm³/mol. The van der Waals surface area contributed by atoms with E-state index in [1.807, 2.05) is 6.07 Å². The van der Waals surface area contributed by atoms with Crippen molar-refractivity contribution < 1.29 is 5.11 Å². The Labute approximate surface area is 99.2 Å². The second kappa shape index (κ2) is 6.18. The highest BCUT2D eigenvalue weighted by molar-refractivity contribution is 6.42. The van der Waals surface area contributed by atoms with E-state index in [0.717, 1.165) is 5.69 Å². The van der Waals surface area contributed by atoms with E-state index in [1.54, 1.807) is 12.1 Å². The number of aliphatic hydroxyl groups is 1. The third-order valence-corrected chi connectivity index (χ3v) is 2.70. The van der Waals surface area contributed by atoms with Crippen LogP contribution in [0.25, 0.3) is 0 Å². The maximum atomic E-state index is 9.43. The van der Waals surface area contributed by atoms with Crippen molar-refractivity contribution in [1.82, 2.24) is 0 Å². The molecular weight excluding hydrogens is 235 g/mol. The lowest BCUT2D eigenvalue weighted by Crippen LogP contribution is -2.22. The molecule has 1 rings (SSSR count). The quantitative estimate of drug-likeness (QED) is 0.749. The molecule has 0 bridgehead atoms. The largest absolute Gasteiger partial charge is 0.391 e. The lowest BCUT2D eigenvalue weighted by atomic mass is 10.2. The summed E-state index contributed by atoms with van der Waals surface area (Å²) in [7, 11) is 0. The van der Waals surface area contributed by atoms with E-state index in [0.29, 0.717) is 29.6 Å². The van der Waals surface area contributed by atoms with Gasteiger partial charge in [-0.05, 0) is 31.2 Å². The van der Waals surface area contributed by atoms with Crippen molar-refractivity contribution >= 4 is 28.9 Å². The molecule has 0 aromatic heterocycles. The Morgan fingerprint density at radius 1 is 1.33 bits per heavy atom. The van der Waals surface area contributed by atoms with Crippen molar-refractivity contribution in [2.24, 2.45) is 5.73 Å². The van der Waals surface area contributed by atoms with Crippen molar-refractivity contribution in [1.29, 1.82) is 0 Å². The van der Waals surface area contributed by atoms with Gasteiger partial charge in [-0.15, -0.1) is 0 Å². The second-order valence-corrected chi connectivity index (χ2v) is 4.06. The second-order valence-electron chi connectivity index (χ2n) is 3.24. The maximum absolute atomic E-state index is 9.43. The van der Waals surface area contributed by atoms with Crippen LogP contribution < -0.4 is 11.1 Å². The van der Waals surface area contributed by atoms with Crippen LogP contribution >= 0.6 is 23.2 Å². The molecule has 1 aromatic carbocycles. The van der Waals surface area contributed by atoms with Gasteiger partial charge in [-0.25, -0.2) is 0 Å². The molecule has 0 amide bonds. The van der Waals surface area contributed by atoms with Crippen LogP contribution in [0.4, 0.5) is 5.69 Å². The van der Waals surface area contributed by atoms with Gasteiger partial charge in [-0.3, -0.25) is 0 Å². The first-order valence-electron chi connectivity index (χ1n) is 4.70. The number of aliphatic hydroxyl groups excluding tert-OH is 1. The third-order valence-electron chi connectivity index (χ3n) is 1.96. The Morgan fingerprint density at radius 3 is 2.67 bits per heavy atom. The fraction of sp³-hybridized carbons (Fsp3) is 0.400. The lowest BCUT2D eigenvalue weighted by Gasteiger charge is -2.12. The number of hydrogen-bond acceptors (Lipinski definition) is 3. The van der Waals surface area contributed by atoms with Gasteiger partial charge in [0.1, 0.15) is 0 Å². The van der Waals surface area contributed by atoms with Gasteiger partial charge in [0.25, 0.3) is 0 Å². The average molecular weight is 249 g/mol. The molecule has 0 spiro atoms. The molecule has 0 saturated carbocycles. The minimum absolute atomic E-state index is 0.440. The van der Waals surface area contributed by atoms with E-state index in [1.165, 1.54) is 0 Å². The van der Waals surface area contributed by atoms with Crippen LogP contribution in [-0.2, 0) is 0 Å². The van der Waals surface area contributed by atoms with E-state index in [9.17, 15) is 5.11 Å². The van der Waals surface area contributed by atoms with Gasteiger partial charge in [-0.2, -0.15) is 0 Å². The monoisotopic (exact) mass is 248 g/mol. The number of anilines is 1. The normalized spacial score (nSPS) is 12.5. The first-order chi connectivity index (χ1) is 7.13. The van der Waals surface area contributed by atoms with E-state index in [4.69, 9.17) is 28.9 Å². The molecule has 1 unspecified atom stereocenters. The van der Waals surface area contributed by atoms with Gasteiger partial charge in [0.2, 0.25) is 0 Å². The Hall–Kier alpha value is -0.480. The lowest BCUT2D eigenvalue weighted by molar-refractivity contribution is 0.180. The summed E-state index contributed by atoms with van der Waals surface area (Å²) in [6, 6.07) is 5.24. The van der Waals surface area contributed by atoms with Gasteiger partial charge in [-0.1, -0.05) is 23.2 Å². The molecule has 15 heavy (non-hydrogen) atoms. The number of halogens is 2. The topological polar surface area (TPSA) is 58.3 Å². The van der Waals surface area contributed by atoms with E-state index >= 15 is 0 Å². The van der Waals surface area contributed by atoms with Gasteiger partial charge < -0.3 is 16.2 Å². The molecule has 0 fully saturated rings. The minimum Gasteiger partial charge on any atom is -0.391 e. The molecule has 5 heteroatoms. The number of hydrogen-bond donors (Lipinski definition) is 3. The average Bonchev–Trinajstić information content (AvgIpc) is 2.20.